The Hall–Kier alpha value is -1.42. The third kappa shape index (κ3) is 2.58. The van der Waals surface area contributed by atoms with Crippen LogP contribution in [0.2, 0.25) is 0 Å². The molecular weight excluding hydrogens is 206 g/mol. The Bertz CT molecular complexity index is 373. The van der Waals surface area contributed by atoms with Crippen LogP contribution in [0.15, 0.2) is 12.1 Å². The van der Waals surface area contributed by atoms with Crippen LogP contribution in [0.1, 0.15) is 29.0 Å². The summed E-state index contributed by atoms with van der Waals surface area (Å²) in [6, 6.07) is 3.66. The molecule has 1 fully saturated rings. The maximum Gasteiger partial charge on any atom is 0.172 e. The molecule has 2 heterocycles. The molecule has 2 rings (SSSR count). The van der Waals surface area contributed by atoms with Gasteiger partial charge in [-0.2, -0.15) is 0 Å². The zero-order chi connectivity index (χ0) is 11.4. The molecule has 0 N–H and O–H groups in total. The molecule has 0 amide bonds. The zero-order valence-corrected chi connectivity index (χ0v) is 9.31. The summed E-state index contributed by atoms with van der Waals surface area (Å²) in [5.74, 6) is 0.576. The summed E-state index contributed by atoms with van der Waals surface area (Å²) in [5.41, 5.74) is 1.20. The van der Waals surface area contributed by atoms with Crippen molar-refractivity contribution in [3.63, 3.8) is 0 Å². The highest BCUT2D eigenvalue weighted by Crippen LogP contribution is 2.20. The molecule has 0 atom stereocenters. The Balaban J connectivity index is 2.10. The van der Waals surface area contributed by atoms with Gasteiger partial charge in [0.2, 0.25) is 0 Å². The van der Waals surface area contributed by atoms with E-state index in [1.54, 1.807) is 0 Å². The van der Waals surface area contributed by atoms with Gasteiger partial charge >= 0.3 is 0 Å². The fourth-order valence-electron chi connectivity index (χ4n) is 1.72. The minimum atomic E-state index is 0.136. The highest BCUT2D eigenvalue weighted by atomic mass is 16.5. The molecule has 1 aliphatic heterocycles. The Morgan fingerprint density at radius 1 is 1.44 bits per heavy atom. The highest BCUT2D eigenvalue weighted by molar-refractivity contribution is 5.76. The van der Waals surface area contributed by atoms with Crippen molar-refractivity contribution in [2.75, 3.05) is 13.2 Å². The summed E-state index contributed by atoms with van der Waals surface area (Å²) in [6.07, 6.45) is 2.61. The van der Waals surface area contributed by atoms with E-state index in [1.165, 1.54) is 0 Å². The molecule has 1 aromatic heterocycles. The normalized spacial score (nSPS) is 17.1. The van der Waals surface area contributed by atoms with Crippen molar-refractivity contribution in [3.05, 3.63) is 23.5 Å². The van der Waals surface area contributed by atoms with Crippen LogP contribution in [0, 0.1) is 6.92 Å². The van der Waals surface area contributed by atoms with Crippen molar-refractivity contribution in [2.45, 2.75) is 25.9 Å². The number of aldehydes is 1. The highest BCUT2D eigenvalue weighted by Gasteiger charge is 2.17. The molecule has 4 heteroatoms. The van der Waals surface area contributed by atoms with Crippen LogP contribution in [-0.2, 0) is 4.74 Å². The van der Waals surface area contributed by atoms with Gasteiger partial charge < -0.3 is 9.47 Å². The average Bonchev–Trinajstić information content (AvgIpc) is 2.33. The van der Waals surface area contributed by atoms with Crippen LogP contribution in [0.25, 0.3) is 0 Å². The van der Waals surface area contributed by atoms with Gasteiger partial charge in [-0.3, -0.25) is 4.79 Å². The van der Waals surface area contributed by atoms with Crippen LogP contribution in [-0.4, -0.2) is 30.6 Å². The summed E-state index contributed by atoms with van der Waals surface area (Å²) in [5, 5.41) is 0. The van der Waals surface area contributed by atoms with Crippen LogP contribution in [0.5, 0.6) is 5.75 Å². The van der Waals surface area contributed by atoms with E-state index in [1.807, 2.05) is 19.1 Å². The third-order valence-electron chi connectivity index (χ3n) is 2.60. The average molecular weight is 221 g/mol. The molecule has 0 aromatic carbocycles. The first kappa shape index (κ1) is 11.1. The third-order valence-corrected chi connectivity index (χ3v) is 2.60. The lowest BCUT2D eigenvalue weighted by molar-refractivity contribution is 0.0251. The van der Waals surface area contributed by atoms with Gasteiger partial charge in [-0.05, 0) is 19.1 Å². The maximum atomic E-state index is 10.9. The van der Waals surface area contributed by atoms with Gasteiger partial charge in [0.15, 0.2) is 6.29 Å². The molecule has 0 unspecified atom stereocenters. The molecule has 0 saturated carbocycles. The number of carbonyl (C=O) groups is 1. The van der Waals surface area contributed by atoms with E-state index in [2.05, 4.69) is 4.98 Å². The number of aromatic nitrogens is 1. The molecule has 1 aliphatic rings. The van der Waals surface area contributed by atoms with Gasteiger partial charge in [-0.25, -0.2) is 4.98 Å². The Labute approximate surface area is 94.6 Å². The van der Waals surface area contributed by atoms with Crippen LogP contribution >= 0.6 is 0 Å². The smallest absolute Gasteiger partial charge is 0.172 e. The number of hydrogen-bond acceptors (Lipinski definition) is 4. The first-order chi connectivity index (χ1) is 7.79. The fraction of sp³-hybridized carbons (Fsp3) is 0.500. The monoisotopic (exact) mass is 221 g/mol. The van der Waals surface area contributed by atoms with E-state index in [4.69, 9.17) is 9.47 Å². The molecule has 1 saturated heterocycles. The van der Waals surface area contributed by atoms with Gasteiger partial charge in [0.1, 0.15) is 17.5 Å². The van der Waals surface area contributed by atoms with Crippen molar-refractivity contribution >= 4 is 6.29 Å². The Morgan fingerprint density at radius 2 is 2.19 bits per heavy atom. The minimum Gasteiger partial charge on any atom is -0.488 e. The van der Waals surface area contributed by atoms with Crippen molar-refractivity contribution in [3.8, 4) is 5.75 Å². The number of carbonyl (C=O) groups excluding carboxylic acids is 1. The minimum absolute atomic E-state index is 0.136. The predicted octanol–water partition coefficient (Wildman–Crippen LogP) is 1.76. The number of rotatable bonds is 3. The molecular formula is C12H15NO3. The lowest BCUT2D eigenvalue weighted by Crippen LogP contribution is -2.26. The van der Waals surface area contributed by atoms with E-state index in [0.29, 0.717) is 11.4 Å². The lowest BCUT2D eigenvalue weighted by atomic mass is 10.1. The van der Waals surface area contributed by atoms with Gasteiger partial charge in [0.25, 0.3) is 0 Å². The number of ether oxygens (including phenoxy) is 2. The number of nitrogens with zero attached hydrogens (tertiary/aromatic N) is 1. The van der Waals surface area contributed by atoms with Crippen LogP contribution in [0.3, 0.4) is 0 Å². The van der Waals surface area contributed by atoms with E-state index >= 15 is 0 Å². The zero-order valence-electron chi connectivity index (χ0n) is 9.31. The van der Waals surface area contributed by atoms with E-state index in [0.717, 1.165) is 38.0 Å². The van der Waals surface area contributed by atoms with Crippen molar-refractivity contribution < 1.29 is 14.3 Å². The van der Waals surface area contributed by atoms with E-state index in [9.17, 15) is 4.79 Å². The predicted molar refractivity (Wildman–Crippen MR) is 58.8 cm³/mol. The lowest BCUT2D eigenvalue weighted by Gasteiger charge is -2.23. The SMILES string of the molecule is Cc1ccc(OC2CCOCC2)c(C=O)n1. The Kier molecular flexibility index (Phi) is 3.51. The molecule has 0 radical (unpaired) electrons. The summed E-state index contributed by atoms with van der Waals surface area (Å²) >= 11 is 0. The summed E-state index contributed by atoms with van der Waals surface area (Å²) in [4.78, 5) is 15.0. The van der Waals surface area contributed by atoms with Crippen LogP contribution in [0.4, 0.5) is 0 Å². The quantitative estimate of drug-likeness (QED) is 0.730. The molecule has 0 aliphatic carbocycles. The second-order valence-corrected chi connectivity index (χ2v) is 3.88. The van der Waals surface area contributed by atoms with Crippen molar-refractivity contribution in [1.82, 2.24) is 4.98 Å². The molecule has 86 valence electrons. The first-order valence-electron chi connectivity index (χ1n) is 5.47. The molecule has 0 bridgehead atoms. The maximum absolute atomic E-state index is 10.9. The second kappa shape index (κ2) is 5.07. The molecule has 1 aromatic rings. The van der Waals surface area contributed by atoms with Crippen LogP contribution < -0.4 is 4.74 Å². The summed E-state index contributed by atoms with van der Waals surface area (Å²) in [6.45, 7) is 3.30. The largest absolute Gasteiger partial charge is 0.488 e. The number of aryl methyl sites for hydroxylation is 1. The first-order valence-corrected chi connectivity index (χ1v) is 5.47. The number of hydrogen-bond donors (Lipinski definition) is 0. The van der Waals surface area contributed by atoms with Crippen molar-refractivity contribution in [1.29, 1.82) is 0 Å². The standard InChI is InChI=1S/C12H15NO3/c1-9-2-3-12(11(8-14)13-9)16-10-4-6-15-7-5-10/h2-3,8,10H,4-7H2,1H3. The van der Waals surface area contributed by atoms with E-state index < -0.39 is 0 Å². The van der Waals surface area contributed by atoms with Gasteiger partial charge in [-0.15, -0.1) is 0 Å². The van der Waals surface area contributed by atoms with Gasteiger partial charge in [-0.1, -0.05) is 0 Å². The molecule has 0 spiro atoms. The molecule has 16 heavy (non-hydrogen) atoms. The fourth-order valence-corrected chi connectivity index (χ4v) is 1.72. The summed E-state index contributed by atoms with van der Waals surface area (Å²) < 4.78 is 11.0. The molecule has 4 nitrogen and oxygen atoms in total. The second-order valence-electron chi connectivity index (χ2n) is 3.88. The van der Waals surface area contributed by atoms with Gasteiger partial charge in [0, 0.05) is 18.5 Å². The van der Waals surface area contributed by atoms with Crippen molar-refractivity contribution in [2.24, 2.45) is 0 Å². The summed E-state index contributed by atoms with van der Waals surface area (Å²) in [7, 11) is 0. The van der Waals surface area contributed by atoms with E-state index in [-0.39, 0.29) is 6.10 Å². The number of pyridine rings is 1. The topological polar surface area (TPSA) is 48.4 Å². The van der Waals surface area contributed by atoms with Gasteiger partial charge in [0.05, 0.1) is 13.2 Å². The Morgan fingerprint density at radius 3 is 2.88 bits per heavy atom.